The third-order valence-corrected chi connectivity index (χ3v) is 4.35. The Kier molecular flexibility index (Phi) is 5.61. The van der Waals surface area contributed by atoms with Crippen molar-refractivity contribution in [2.75, 3.05) is 13.1 Å². The van der Waals surface area contributed by atoms with E-state index in [1.807, 2.05) is 44.2 Å². The standard InChI is InChI=1S/C20H22ClNO3/c1-14-11-22(12-15(2)25-14)20(23)18-10-17(21)8-9-19(18)24-13-16-6-4-3-5-7-16/h3-10,14-15H,11-13H2,1-2H3/t14-,15+. The molecule has 0 N–H and O–H groups in total. The van der Waals surface area contributed by atoms with Gasteiger partial charge in [0.05, 0.1) is 17.8 Å². The Labute approximate surface area is 153 Å². The molecule has 2 atom stereocenters. The first-order chi connectivity index (χ1) is 12.0. The van der Waals surface area contributed by atoms with Gasteiger partial charge in [-0.1, -0.05) is 41.9 Å². The predicted octanol–water partition coefficient (Wildman–Crippen LogP) is 4.17. The molecule has 2 aromatic carbocycles. The Morgan fingerprint density at radius 2 is 1.84 bits per heavy atom. The van der Waals surface area contributed by atoms with Gasteiger partial charge in [-0.05, 0) is 37.6 Å². The Balaban J connectivity index is 1.80. The highest BCUT2D eigenvalue weighted by molar-refractivity contribution is 6.31. The van der Waals surface area contributed by atoms with Crippen LogP contribution in [0.1, 0.15) is 29.8 Å². The molecule has 25 heavy (non-hydrogen) atoms. The van der Waals surface area contributed by atoms with Crippen LogP contribution in [0, 0.1) is 0 Å². The average Bonchev–Trinajstić information content (AvgIpc) is 2.60. The van der Waals surface area contributed by atoms with Crippen molar-refractivity contribution in [1.82, 2.24) is 4.90 Å². The molecule has 0 bridgehead atoms. The van der Waals surface area contributed by atoms with E-state index in [0.29, 0.717) is 36.0 Å². The lowest BCUT2D eigenvalue weighted by molar-refractivity contribution is -0.0586. The average molecular weight is 360 g/mol. The zero-order chi connectivity index (χ0) is 17.8. The SMILES string of the molecule is C[C@@H]1CN(C(=O)c2cc(Cl)ccc2OCc2ccccc2)C[C@H](C)O1. The third-order valence-electron chi connectivity index (χ3n) is 4.12. The summed E-state index contributed by atoms with van der Waals surface area (Å²) in [6.07, 6.45) is 0.0288. The van der Waals surface area contributed by atoms with Crippen molar-refractivity contribution in [2.24, 2.45) is 0 Å². The zero-order valence-electron chi connectivity index (χ0n) is 14.4. The highest BCUT2D eigenvalue weighted by Crippen LogP contribution is 2.26. The monoisotopic (exact) mass is 359 g/mol. The Hall–Kier alpha value is -2.04. The lowest BCUT2D eigenvalue weighted by Gasteiger charge is -2.35. The molecule has 4 nitrogen and oxygen atoms in total. The number of nitrogens with zero attached hydrogens (tertiary/aromatic N) is 1. The summed E-state index contributed by atoms with van der Waals surface area (Å²) in [6, 6.07) is 15.0. The minimum atomic E-state index is -0.0763. The van der Waals surface area contributed by atoms with Gasteiger partial charge >= 0.3 is 0 Å². The van der Waals surface area contributed by atoms with E-state index in [1.54, 1.807) is 23.1 Å². The van der Waals surface area contributed by atoms with Crippen LogP contribution in [0.25, 0.3) is 0 Å². The number of benzene rings is 2. The van der Waals surface area contributed by atoms with Gasteiger partial charge in [-0.15, -0.1) is 0 Å². The number of ether oxygens (including phenoxy) is 2. The number of halogens is 1. The van der Waals surface area contributed by atoms with Gasteiger partial charge in [0.1, 0.15) is 12.4 Å². The van der Waals surface area contributed by atoms with Crippen molar-refractivity contribution < 1.29 is 14.3 Å². The molecule has 0 radical (unpaired) electrons. The van der Waals surface area contributed by atoms with Gasteiger partial charge in [-0.25, -0.2) is 0 Å². The van der Waals surface area contributed by atoms with E-state index in [0.717, 1.165) is 5.56 Å². The van der Waals surface area contributed by atoms with E-state index in [9.17, 15) is 4.79 Å². The van der Waals surface area contributed by atoms with Gasteiger partial charge in [-0.3, -0.25) is 4.79 Å². The molecule has 0 unspecified atom stereocenters. The Morgan fingerprint density at radius 1 is 1.16 bits per heavy atom. The molecule has 0 aromatic heterocycles. The van der Waals surface area contributed by atoms with Crippen molar-refractivity contribution >= 4 is 17.5 Å². The molecule has 1 heterocycles. The lowest BCUT2D eigenvalue weighted by Crippen LogP contribution is -2.48. The summed E-state index contributed by atoms with van der Waals surface area (Å²) in [4.78, 5) is 14.8. The van der Waals surface area contributed by atoms with Gasteiger partial charge in [0.2, 0.25) is 0 Å². The van der Waals surface area contributed by atoms with Crippen molar-refractivity contribution in [3.63, 3.8) is 0 Å². The molecule has 132 valence electrons. The molecule has 0 spiro atoms. The van der Waals surface area contributed by atoms with Crippen molar-refractivity contribution in [2.45, 2.75) is 32.7 Å². The maximum atomic E-state index is 13.0. The Bertz CT molecular complexity index is 725. The largest absolute Gasteiger partial charge is 0.488 e. The minimum Gasteiger partial charge on any atom is -0.488 e. The third kappa shape index (κ3) is 4.53. The van der Waals surface area contributed by atoms with Crippen LogP contribution < -0.4 is 4.74 Å². The number of morpholine rings is 1. The first kappa shape index (κ1) is 17.8. The molecule has 1 fully saturated rings. The molecule has 2 aromatic rings. The van der Waals surface area contributed by atoms with E-state index >= 15 is 0 Å². The van der Waals surface area contributed by atoms with Crippen molar-refractivity contribution in [1.29, 1.82) is 0 Å². The van der Waals surface area contributed by atoms with Crippen LogP contribution in [0.5, 0.6) is 5.75 Å². The van der Waals surface area contributed by atoms with Crippen molar-refractivity contribution in [3.8, 4) is 5.75 Å². The van der Waals surface area contributed by atoms with E-state index in [-0.39, 0.29) is 18.1 Å². The van der Waals surface area contributed by atoms with Crippen LogP contribution in [-0.4, -0.2) is 36.1 Å². The maximum absolute atomic E-state index is 13.0. The molecular formula is C20H22ClNO3. The highest BCUT2D eigenvalue weighted by atomic mass is 35.5. The summed E-state index contributed by atoms with van der Waals surface area (Å²) >= 11 is 6.12. The first-order valence-corrected chi connectivity index (χ1v) is 8.81. The lowest BCUT2D eigenvalue weighted by atomic mass is 10.1. The summed E-state index contributed by atoms with van der Waals surface area (Å²) in [5, 5.41) is 0.518. The molecule has 1 aliphatic rings. The van der Waals surface area contributed by atoms with Crippen LogP contribution in [0.15, 0.2) is 48.5 Å². The molecule has 3 rings (SSSR count). The Morgan fingerprint density at radius 3 is 2.52 bits per heavy atom. The van der Waals surface area contributed by atoms with Crippen LogP contribution in [-0.2, 0) is 11.3 Å². The molecule has 0 saturated carbocycles. The highest BCUT2D eigenvalue weighted by Gasteiger charge is 2.28. The summed E-state index contributed by atoms with van der Waals surface area (Å²) in [7, 11) is 0. The number of carbonyl (C=O) groups is 1. The zero-order valence-corrected chi connectivity index (χ0v) is 15.2. The number of carbonyl (C=O) groups excluding carboxylic acids is 1. The van der Waals surface area contributed by atoms with E-state index in [1.165, 1.54) is 0 Å². The van der Waals surface area contributed by atoms with Crippen molar-refractivity contribution in [3.05, 3.63) is 64.7 Å². The molecule has 5 heteroatoms. The minimum absolute atomic E-state index is 0.0144. The fraction of sp³-hybridized carbons (Fsp3) is 0.350. The van der Waals surface area contributed by atoms with Gasteiger partial charge in [-0.2, -0.15) is 0 Å². The number of hydrogen-bond acceptors (Lipinski definition) is 3. The normalized spacial score (nSPS) is 20.4. The van der Waals surface area contributed by atoms with Crippen LogP contribution >= 0.6 is 11.6 Å². The number of hydrogen-bond donors (Lipinski definition) is 0. The fourth-order valence-electron chi connectivity index (χ4n) is 3.04. The maximum Gasteiger partial charge on any atom is 0.257 e. The van der Waals surface area contributed by atoms with E-state index in [4.69, 9.17) is 21.1 Å². The van der Waals surface area contributed by atoms with Crippen LogP contribution in [0.4, 0.5) is 0 Å². The van der Waals surface area contributed by atoms with Gasteiger partial charge in [0.25, 0.3) is 5.91 Å². The summed E-state index contributed by atoms with van der Waals surface area (Å²) in [5.74, 6) is 0.470. The topological polar surface area (TPSA) is 38.8 Å². The second kappa shape index (κ2) is 7.89. The quantitative estimate of drug-likeness (QED) is 0.822. The second-order valence-electron chi connectivity index (χ2n) is 6.38. The molecule has 1 amide bonds. The number of rotatable bonds is 4. The molecule has 1 saturated heterocycles. The first-order valence-electron chi connectivity index (χ1n) is 8.44. The van der Waals surface area contributed by atoms with E-state index < -0.39 is 0 Å². The summed E-state index contributed by atoms with van der Waals surface area (Å²) in [6.45, 7) is 5.47. The molecular weight excluding hydrogens is 338 g/mol. The predicted molar refractivity (Wildman–Crippen MR) is 98.1 cm³/mol. The summed E-state index contributed by atoms with van der Waals surface area (Å²) in [5.41, 5.74) is 1.54. The van der Waals surface area contributed by atoms with E-state index in [2.05, 4.69) is 0 Å². The summed E-state index contributed by atoms with van der Waals surface area (Å²) < 4.78 is 11.6. The van der Waals surface area contributed by atoms with Gasteiger partial charge < -0.3 is 14.4 Å². The van der Waals surface area contributed by atoms with Crippen LogP contribution in [0.3, 0.4) is 0 Å². The van der Waals surface area contributed by atoms with Crippen LogP contribution in [0.2, 0.25) is 5.02 Å². The number of amides is 1. The van der Waals surface area contributed by atoms with Gasteiger partial charge in [0.15, 0.2) is 0 Å². The fourth-order valence-corrected chi connectivity index (χ4v) is 3.22. The smallest absolute Gasteiger partial charge is 0.257 e. The second-order valence-corrected chi connectivity index (χ2v) is 6.82. The molecule has 0 aliphatic carbocycles. The molecule has 1 aliphatic heterocycles. The van der Waals surface area contributed by atoms with Gasteiger partial charge in [0, 0.05) is 18.1 Å².